The number of esters is 1. The third kappa shape index (κ3) is 4.77. The summed E-state index contributed by atoms with van der Waals surface area (Å²) in [6, 6.07) is 10.7. The highest BCUT2D eigenvalue weighted by atomic mass is 16.6. The van der Waals surface area contributed by atoms with Crippen molar-refractivity contribution in [1.82, 2.24) is 5.32 Å². The van der Waals surface area contributed by atoms with Gasteiger partial charge in [-0.1, -0.05) is 24.3 Å². The second-order valence-corrected chi connectivity index (χ2v) is 6.75. The third-order valence-corrected chi connectivity index (χ3v) is 4.61. The van der Waals surface area contributed by atoms with Crippen molar-refractivity contribution in [2.24, 2.45) is 0 Å². The lowest BCUT2D eigenvalue weighted by molar-refractivity contribution is -0.145. The molecule has 1 fully saturated rings. The monoisotopic (exact) mass is 438 g/mol. The fourth-order valence-corrected chi connectivity index (χ4v) is 3.09. The minimum absolute atomic E-state index is 0.213. The van der Waals surface area contributed by atoms with Crippen molar-refractivity contribution in [2.45, 2.75) is 13.8 Å². The first-order valence-corrected chi connectivity index (χ1v) is 9.79. The number of rotatable bonds is 7. The molecule has 2 aromatic carbocycles. The van der Waals surface area contributed by atoms with E-state index in [1.807, 2.05) is 0 Å². The van der Waals surface area contributed by atoms with Gasteiger partial charge in [-0.25, -0.2) is 14.5 Å². The number of nitrogens with one attached hydrogen (secondary N) is 1. The van der Waals surface area contributed by atoms with Gasteiger partial charge >= 0.3 is 12.0 Å². The number of barbiturate groups is 1. The molecule has 0 unspecified atom stereocenters. The number of carbonyl (C=O) groups is 4. The van der Waals surface area contributed by atoms with Crippen LogP contribution in [0.15, 0.2) is 48.0 Å². The summed E-state index contributed by atoms with van der Waals surface area (Å²) in [6.07, 6.45) is 1.35. The van der Waals surface area contributed by atoms with Crippen LogP contribution in [0.1, 0.15) is 18.1 Å². The topological polar surface area (TPSA) is 111 Å². The number of benzene rings is 2. The molecular formula is C23H22N2O7. The molecule has 9 heteroatoms. The molecule has 2 aromatic rings. The van der Waals surface area contributed by atoms with E-state index in [0.717, 1.165) is 4.90 Å². The van der Waals surface area contributed by atoms with Gasteiger partial charge in [-0.3, -0.25) is 14.9 Å². The summed E-state index contributed by atoms with van der Waals surface area (Å²) in [5, 5.41) is 2.19. The highest BCUT2D eigenvalue weighted by molar-refractivity contribution is 6.39. The van der Waals surface area contributed by atoms with Crippen LogP contribution in [-0.2, 0) is 19.1 Å². The highest BCUT2D eigenvalue weighted by Gasteiger charge is 2.37. The normalized spacial score (nSPS) is 14.9. The van der Waals surface area contributed by atoms with Crippen LogP contribution < -0.4 is 19.7 Å². The molecular weight excluding hydrogens is 416 g/mol. The van der Waals surface area contributed by atoms with Gasteiger partial charge in [-0.05, 0) is 49.2 Å². The summed E-state index contributed by atoms with van der Waals surface area (Å²) in [7, 11) is 1.42. The Kier molecular flexibility index (Phi) is 6.89. The van der Waals surface area contributed by atoms with E-state index in [4.69, 9.17) is 14.2 Å². The molecule has 0 bridgehead atoms. The van der Waals surface area contributed by atoms with Crippen LogP contribution in [0, 0.1) is 6.92 Å². The van der Waals surface area contributed by atoms with Crippen molar-refractivity contribution in [3.63, 3.8) is 0 Å². The van der Waals surface area contributed by atoms with E-state index in [9.17, 15) is 19.2 Å². The van der Waals surface area contributed by atoms with Gasteiger partial charge in [0.25, 0.3) is 11.8 Å². The zero-order valence-corrected chi connectivity index (χ0v) is 17.8. The van der Waals surface area contributed by atoms with Crippen molar-refractivity contribution < 1.29 is 33.4 Å². The van der Waals surface area contributed by atoms with Gasteiger partial charge in [0.1, 0.15) is 5.57 Å². The summed E-state index contributed by atoms with van der Waals surface area (Å²) < 4.78 is 15.5. The summed E-state index contributed by atoms with van der Waals surface area (Å²) in [5.41, 5.74) is 1.33. The number of hydrogen-bond donors (Lipinski definition) is 1. The molecule has 0 aromatic heterocycles. The first-order valence-electron chi connectivity index (χ1n) is 9.79. The molecule has 1 aliphatic heterocycles. The molecule has 32 heavy (non-hydrogen) atoms. The van der Waals surface area contributed by atoms with E-state index in [0.29, 0.717) is 28.3 Å². The molecule has 1 aliphatic rings. The molecule has 1 heterocycles. The van der Waals surface area contributed by atoms with Crippen LogP contribution in [-0.4, -0.2) is 44.1 Å². The molecule has 4 amide bonds. The molecule has 0 spiro atoms. The van der Waals surface area contributed by atoms with Crippen molar-refractivity contribution in [3.8, 4) is 11.5 Å². The minimum atomic E-state index is -0.813. The number of para-hydroxylation sites is 1. The lowest BCUT2D eigenvalue weighted by atomic mass is 10.1. The Labute approximate surface area is 184 Å². The lowest BCUT2D eigenvalue weighted by Gasteiger charge is -2.27. The van der Waals surface area contributed by atoms with Crippen LogP contribution >= 0.6 is 0 Å². The quantitative estimate of drug-likeness (QED) is 0.402. The fraction of sp³-hybridized carbons (Fsp3) is 0.217. The van der Waals surface area contributed by atoms with Gasteiger partial charge in [0, 0.05) is 0 Å². The smallest absolute Gasteiger partial charge is 0.344 e. The minimum Gasteiger partial charge on any atom is -0.493 e. The summed E-state index contributed by atoms with van der Waals surface area (Å²) in [5.74, 6) is -1.48. The highest BCUT2D eigenvalue weighted by Crippen LogP contribution is 2.30. The molecule has 166 valence electrons. The number of nitrogens with zero attached hydrogens (tertiary/aromatic N) is 1. The molecule has 1 N–H and O–H groups in total. The molecule has 3 rings (SSSR count). The standard InChI is InChI=1S/C23H22N2O7/c1-4-31-20(26)13-32-18-10-9-15(12-19(18)30-3)11-16-21(27)24-23(29)25(22(16)28)17-8-6-5-7-14(17)2/h5-12H,4,13H2,1-3H3,(H,24,27,29)/b16-11+. The lowest BCUT2D eigenvalue weighted by Crippen LogP contribution is -2.54. The van der Waals surface area contributed by atoms with Crippen molar-refractivity contribution in [2.75, 3.05) is 25.2 Å². The summed E-state index contributed by atoms with van der Waals surface area (Å²) >= 11 is 0. The van der Waals surface area contributed by atoms with E-state index < -0.39 is 23.8 Å². The van der Waals surface area contributed by atoms with Gasteiger partial charge in [0.15, 0.2) is 18.1 Å². The molecule has 0 atom stereocenters. The Morgan fingerprint density at radius 2 is 1.84 bits per heavy atom. The molecule has 9 nitrogen and oxygen atoms in total. The first-order chi connectivity index (χ1) is 15.3. The Balaban J connectivity index is 1.90. The van der Waals surface area contributed by atoms with Crippen LogP contribution in [0.2, 0.25) is 0 Å². The van der Waals surface area contributed by atoms with Crippen molar-refractivity contribution >= 4 is 35.6 Å². The predicted octanol–water partition coefficient (Wildman–Crippen LogP) is 2.61. The van der Waals surface area contributed by atoms with E-state index in [2.05, 4.69) is 5.32 Å². The number of carbonyl (C=O) groups excluding carboxylic acids is 4. The van der Waals surface area contributed by atoms with E-state index in [1.165, 1.54) is 13.2 Å². The Morgan fingerprint density at radius 3 is 2.53 bits per heavy atom. The van der Waals surface area contributed by atoms with Crippen LogP contribution in [0.3, 0.4) is 0 Å². The summed E-state index contributed by atoms with van der Waals surface area (Å²) in [4.78, 5) is 50.2. The first kappa shape index (κ1) is 22.5. The average molecular weight is 438 g/mol. The number of aryl methyl sites for hydroxylation is 1. The summed E-state index contributed by atoms with van der Waals surface area (Å²) in [6.45, 7) is 3.40. The number of amides is 4. The van der Waals surface area contributed by atoms with E-state index in [-0.39, 0.29) is 18.8 Å². The Bertz CT molecular complexity index is 1110. The number of urea groups is 1. The van der Waals surface area contributed by atoms with Gasteiger partial charge < -0.3 is 14.2 Å². The second kappa shape index (κ2) is 9.78. The predicted molar refractivity (Wildman–Crippen MR) is 115 cm³/mol. The molecule has 0 radical (unpaired) electrons. The number of ether oxygens (including phenoxy) is 3. The van der Waals surface area contributed by atoms with E-state index >= 15 is 0 Å². The van der Waals surface area contributed by atoms with Crippen molar-refractivity contribution in [3.05, 3.63) is 59.2 Å². The zero-order valence-electron chi connectivity index (χ0n) is 17.8. The maximum Gasteiger partial charge on any atom is 0.344 e. The van der Waals surface area contributed by atoms with E-state index in [1.54, 1.807) is 56.3 Å². The van der Waals surface area contributed by atoms with Crippen LogP contribution in [0.25, 0.3) is 6.08 Å². The number of hydrogen-bond acceptors (Lipinski definition) is 7. The number of imide groups is 2. The van der Waals surface area contributed by atoms with Crippen molar-refractivity contribution in [1.29, 1.82) is 0 Å². The third-order valence-electron chi connectivity index (χ3n) is 4.61. The second-order valence-electron chi connectivity index (χ2n) is 6.75. The maximum atomic E-state index is 13.0. The van der Waals surface area contributed by atoms with Crippen LogP contribution in [0.4, 0.5) is 10.5 Å². The van der Waals surface area contributed by atoms with Gasteiger partial charge in [0.05, 0.1) is 19.4 Å². The zero-order chi connectivity index (χ0) is 23.3. The number of methoxy groups -OCH3 is 1. The molecule has 0 saturated carbocycles. The van der Waals surface area contributed by atoms with Gasteiger partial charge in [0.2, 0.25) is 0 Å². The molecule has 1 saturated heterocycles. The van der Waals surface area contributed by atoms with Crippen LogP contribution in [0.5, 0.6) is 11.5 Å². The SMILES string of the molecule is CCOC(=O)COc1ccc(/C=C2\C(=O)NC(=O)N(c3ccccc3C)C2=O)cc1OC. The van der Waals surface area contributed by atoms with Gasteiger partial charge in [-0.2, -0.15) is 0 Å². The Hall–Kier alpha value is -4.14. The fourth-order valence-electron chi connectivity index (χ4n) is 3.09. The maximum absolute atomic E-state index is 13.0. The number of anilines is 1. The average Bonchev–Trinajstić information content (AvgIpc) is 2.77. The molecule has 0 aliphatic carbocycles. The largest absolute Gasteiger partial charge is 0.493 e. The Morgan fingerprint density at radius 1 is 1.09 bits per heavy atom. The van der Waals surface area contributed by atoms with Gasteiger partial charge in [-0.15, -0.1) is 0 Å².